The van der Waals surface area contributed by atoms with Crippen LogP contribution in [0, 0.1) is 0 Å². The van der Waals surface area contributed by atoms with Crippen LogP contribution in [0.1, 0.15) is 90.4 Å². The maximum Gasteiger partial charge on any atom is 0.331 e. The molecule has 0 heterocycles. The number of unbranched alkanes of at least 4 members (excludes halogenated alkanes) is 12. The van der Waals surface area contributed by atoms with E-state index in [-0.39, 0.29) is 0 Å². The normalized spacial score (nSPS) is 11.3. The fraction of sp³-hybridized carbons (Fsp3) is 0.826. The molecule has 28 heavy (non-hydrogen) atoms. The van der Waals surface area contributed by atoms with Gasteiger partial charge in [0.2, 0.25) is 0 Å². The molecule has 0 aromatic heterocycles. The Hall–Kier alpha value is -1.36. The number of nitrogens with zero attached hydrogens (tertiary/aromatic N) is 1. The molecule has 0 bridgehead atoms. The zero-order chi connectivity index (χ0) is 20.9. The van der Waals surface area contributed by atoms with Gasteiger partial charge >= 0.3 is 11.9 Å². The summed E-state index contributed by atoms with van der Waals surface area (Å²) in [7, 11) is 3.80. The van der Waals surface area contributed by atoms with E-state index in [1.807, 2.05) is 19.0 Å². The van der Waals surface area contributed by atoms with E-state index < -0.39 is 11.9 Å². The molecule has 5 nitrogen and oxygen atoms in total. The zero-order valence-electron chi connectivity index (χ0n) is 18.5. The number of ether oxygens (including phenoxy) is 2. The van der Waals surface area contributed by atoms with Crippen LogP contribution in [0.4, 0.5) is 0 Å². The minimum Gasteiger partial charge on any atom is -0.463 e. The number of carbonyl (C=O) groups is 2. The lowest BCUT2D eigenvalue weighted by atomic mass is 10.0. The van der Waals surface area contributed by atoms with Gasteiger partial charge in [-0.3, -0.25) is 0 Å². The summed E-state index contributed by atoms with van der Waals surface area (Å²) in [6, 6.07) is 0. The molecule has 0 amide bonds. The van der Waals surface area contributed by atoms with Gasteiger partial charge in [0, 0.05) is 18.7 Å². The summed E-state index contributed by atoms with van der Waals surface area (Å²) < 4.78 is 10.0. The zero-order valence-corrected chi connectivity index (χ0v) is 18.5. The highest BCUT2D eigenvalue weighted by molar-refractivity contribution is 5.91. The van der Waals surface area contributed by atoms with Gasteiger partial charge in [0.1, 0.15) is 6.61 Å². The van der Waals surface area contributed by atoms with Crippen molar-refractivity contribution in [1.82, 2.24) is 4.90 Å². The van der Waals surface area contributed by atoms with Gasteiger partial charge in [-0.15, -0.1) is 0 Å². The quantitative estimate of drug-likeness (QED) is 0.169. The van der Waals surface area contributed by atoms with Crippen LogP contribution in [0.2, 0.25) is 0 Å². The number of esters is 2. The molecule has 0 radical (unpaired) electrons. The Morgan fingerprint density at radius 3 is 1.46 bits per heavy atom. The highest BCUT2D eigenvalue weighted by atomic mass is 16.5. The number of likely N-dealkylation sites (N-methyl/N-ethyl adjacent to an activating group) is 1. The molecule has 0 saturated carbocycles. The van der Waals surface area contributed by atoms with E-state index in [0.717, 1.165) is 25.0 Å². The van der Waals surface area contributed by atoms with Gasteiger partial charge in [-0.05, 0) is 20.5 Å². The summed E-state index contributed by atoms with van der Waals surface area (Å²) >= 11 is 0. The largest absolute Gasteiger partial charge is 0.463 e. The summed E-state index contributed by atoms with van der Waals surface area (Å²) in [6.07, 6.45) is 19.0. The molecule has 0 spiro atoms. The SMILES string of the molecule is CCCCCCCCCCCCCCCOC(=O)/C=C/C(=O)OCCN(C)C. The van der Waals surface area contributed by atoms with Gasteiger partial charge in [-0.25, -0.2) is 9.59 Å². The number of hydrogen-bond donors (Lipinski definition) is 0. The lowest BCUT2D eigenvalue weighted by Gasteiger charge is -2.08. The Bertz CT molecular complexity index is 407. The van der Waals surface area contributed by atoms with Crippen molar-refractivity contribution in [2.24, 2.45) is 0 Å². The van der Waals surface area contributed by atoms with Crippen molar-refractivity contribution < 1.29 is 19.1 Å². The average Bonchev–Trinajstić information content (AvgIpc) is 2.66. The number of carbonyl (C=O) groups excluding carboxylic acids is 2. The lowest BCUT2D eigenvalue weighted by Crippen LogP contribution is -2.19. The third kappa shape index (κ3) is 20.9. The molecule has 0 saturated heterocycles. The molecule has 0 aliphatic carbocycles. The minimum absolute atomic E-state index is 0.310. The van der Waals surface area contributed by atoms with Gasteiger partial charge in [-0.1, -0.05) is 84.0 Å². The van der Waals surface area contributed by atoms with Gasteiger partial charge in [0.15, 0.2) is 0 Å². The Morgan fingerprint density at radius 1 is 0.643 bits per heavy atom. The first-order chi connectivity index (χ1) is 13.6. The van der Waals surface area contributed by atoms with Crippen molar-refractivity contribution >= 4 is 11.9 Å². The van der Waals surface area contributed by atoms with Crippen molar-refractivity contribution in [3.63, 3.8) is 0 Å². The molecular formula is C23H43NO4. The first kappa shape index (κ1) is 26.6. The Labute approximate surface area is 172 Å². The predicted molar refractivity (Wildman–Crippen MR) is 115 cm³/mol. The molecule has 0 rings (SSSR count). The molecule has 5 heteroatoms. The Kier molecular flexibility index (Phi) is 19.4. The Morgan fingerprint density at radius 2 is 1.04 bits per heavy atom. The summed E-state index contributed by atoms with van der Waals surface area (Å²) in [5, 5.41) is 0. The van der Waals surface area contributed by atoms with Crippen LogP contribution in [0.3, 0.4) is 0 Å². The van der Waals surface area contributed by atoms with E-state index in [2.05, 4.69) is 6.92 Å². The molecule has 0 aliphatic rings. The van der Waals surface area contributed by atoms with Crippen molar-refractivity contribution in [2.45, 2.75) is 90.4 Å². The summed E-state index contributed by atoms with van der Waals surface area (Å²) in [4.78, 5) is 24.8. The number of rotatable bonds is 19. The van der Waals surface area contributed by atoms with E-state index >= 15 is 0 Å². The first-order valence-corrected chi connectivity index (χ1v) is 11.2. The number of hydrogen-bond acceptors (Lipinski definition) is 5. The predicted octanol–water partition coefficient (Wildman–Crippen LogP) is 5.28. The second-order valence-corrected chi connectivity index (χ2v) is 7.71. The molecule has 0 N–H and O–H groups in total. The van der Waals surface area contributed by atoms with Crippen LogP contribution in [-0.4, -0.2) is 50.7 Å². The van der Waals surface area contributed by atoms with Gasteiger partial charge in [0.05, 0.1) is 6.61 Å². The van der Waals surface area contributed by atoms with Crippen LogP contribution < -0.4 is 0 Å². The molecule has 0 atom stereocenters. The fourth-order valence-corrected chi connectivity index (χ4v) is 2.85. The van der Waals surface area contributed by atoms with Gasteiger partial charge in [-0.2, -0.15) is 0 Å². The molecule has 0 unspecified atom stereocenters. The van der Waals surface area contributed by atoms with Crippen LogP contribution in [0.25, 0.3) is 0 Å². The summed E-state index contributed by atoms with van der Waals surface area (Å²) in [5.74, 6) is -0.997. The Balaban J connectivity index is 3.36. The summed E-state index contributed by atoms with van der Waals surface area (Å²) in [6.45, 7) is 3.64. The van der Waals surface area contributed by atoms with Crippen LogP contribution in [0.15, 0.2) is 12.2 Å². The molecule has 0 aromatic carbocycles. The van der Waals surface area contributed by atoms with Crippen molar-refractivity contribution in [2.75, 3.05) is 33.9 Å². The summed E-state index contributed by atoms with van der Waals surface area (Å²) in [5.41, 5.74) is 0. The molecule has 0 aromatic rings. The van der Waals surface area contributed by atoms with E-state index in [1.54, 1.807) is 0 Å². The highest BCUT2D eigenvalue weighted by Crippen LogP contribution is 2.12. The standard InChI is InChI=1S/C23H43NO4/c1-4-5-6-7-8-9-10-11-12-13-14-15-16-20-27-22(25)17-18-23(26)28-21-19-24(2)3/h17-18H,4-16,19-21H2,1-3H3/b18-17+. The molecule has 164 valence electrons. The second-order valence-electron chi connectivity index (χ2n) is 7.71. The first-order valence-electron chi connectivity index (χ1n) is 11.2. The minimum atomic E-state index is -0.514. The maximum atomic E-state index is 11.5. The average molecular weight is 398 g/mol. The van der Waals surface area contributed by atoms with E-state index in [0.29, 0.717) is 19.8 Å². The van der Waals surface area contributed by atoms with Crippen molar-refractivity contribution in [3.05, 3.63) is 12.2 Å². The maximum absolute atomic E-state index is 11.5. The lowest BCUT2D eigenvalue weighted by molar-refractivity contribution is -0.140. The van der Waals surface area contributed by atoms with Crippen molar-refractivity contribution in [1.29, 1.82) is 0 Å². The van der Waals surface area contributed by atoms with Gasteiger partial charge in [0.25, 0.3) is 0 Å². The molecular weight excluding hydrogens is 354 g/mol. The third-order valence-corrected chi connectivity index (χ3v) is 4.63. The van der Waals surface area contributed by atoms with Crippen molar-refractivity contribution in [3.8, 4) is 0 Å². The van der Waals surface area contributed by atoms with Crippen LogP contribution >= 0.6 is 0 Å². The van der Waals surface area contributed by atoms with E-state index in [1.165, 1.54) is 70.6 Å². The molecule has 0 fully saturated rings. The highest BCUT2D eigenvalue weighted by Gasteiger charge is 2.01. The fourth-order valence-electron chi connectivity index (χ4n) is 2.85. The topological polar surface area (TPSA) is 55.8 Å². The van der Waals surface area contributed by atoms with E-state index in [4.69, 9.17) is 9.47 Å². The van der Waals surface area contributed by atoms with Gasteiger partial charge < -0.3 is 14.4 Å². The second kappa shape index (κ2) is 20.4. The molecule has 0 aliphatic heterocycles. The monoisotopic (exact) mass is 397 g/mol. The van der Waals surface area contributed by atoms with Crippen LogP contribution in [-0.2, 0) is 19.1 Å². The van der Waals surface area contributed by atoms with E-state index in [9.17, 15) is 9.59 Å². The smallest absolute Gasteiger partial charge is 0.331 e. The van der Waals surface area contributed by atoms with Crippen LogP contribution in [0.5, 0.6) is 0 Å². The third-order valence-electron chi connectivity index (χ3n) is 4.63.